The molecule has 476 valence electrons. The molecule has 5 aliphatic heterocycles. The number of aliphatic hydroxyl groups is 14. The predicted octanol–water partition coefficient (Wildman–Crippen LogP) is -1.91. The van der Waals surface area contributed by atoms with Gasteiger partial charge in [-0.2, -0.15) is 0 Å². The minimum atomic E-state index is -1.82. The summed E-state index contributed by atoms with van der Waals surface area (Å²) < 4.78 is 60.5. The van der Waals surface area contributed by atoms with Crippen LogP contribution >= 0.6 is 0 Å². The Kier molecular flexibility index (Phi) is 18.0. The van der Waals surface area contributed by atoms with Gasteiger partial charge in [0.2, 0.25) is 6.29 Å². The summed E-state index contributed by atoms with van der Waals surface area (Å²) >= 11 is 0. The molecule has 9 fully saturated rings. The maximum atomic E-state index is 15.3. The lowest BCUT2D eigenvalue weighted by Crippen LogP contribution is -2.69. The van der Waals surface area contributed by atoms with Gasteiger partial charge in [0.15, 0.2) is 31.3 Å². The summed E-state index contributed by atoms with van der Waals surface area (Å²) in [5, 5.41) is 154. The molecule has 25 heteroatoms. The molecule has 10 aliphatic rings. The van der Waals surface area contributed by atoms with Crippen LogP contribution in [0.3, 0.4) is 0 Å². The van der Waals surface area contributed by atoms with Gasteiger partial charge in [0.25, 0.3) is 0 Å². The third kappa shape index (κ3) is 10.6. The third-order valence-electron chi connectivity index (χ3n) is 22.7. The number of ether oxygens (including phenoxy) is 10. The van der Waals surface area contributed by atoms with Crippen molar-refractivity contribution in [3.63, 3.8) is 0 Å². The second-order valence-electron chi connectivity index (χ2n) is 28.3. The molecule has 32 atom stereocenters. The van der Waals surface area contributed by atoms with E-state index in [0.29, 0.717) is 32.1 Å². The van der Waals surface area contributed by atoms with Gasteiger partial charge in [-0.05, 0) is 116 Å². The fourth-order valence-corrected chi connectivity index (χ4v) is 17.4. The quantitative estimate of drug-likeness (QED) is 0.0610. The van der Waals surface area contributed by atoms with E-state index in [4.69, 9.17) is 47.4 Å². The summed E-state index contributed by atoms with van der Waals surface area (Å²) in [4.78, 5) is 15.3. The van der Waals surface area contributed by atoms with E-state index in [-0.39, 0.29) is 35.5 Å². The molecule has 0 radical (unpaired) electrons. The summed E-state index contributed by atoms with van der Waals surface area (Å²) in [5.41, 5.74) is -2.54. The maximum absolute atomic E-state index is 15.3. The van der Waals surface area contributed by atoms with Crippen LogP contribution in [0.15, 0.2) is 11.6 Å². The molecular formula is C58H94O25. The minimum absolute atomic E-state index is 0.0298. The lowest BCUT2D eigenvalue weighted by atomic mass is 9.33. The van der Waals surface area contributed by atoms with Gasteiger partial charge in [-0.25, -0.2) is 0 Å². The third-order valence-corrected chi connectivity index (χ3v) is 22.7. The Morgan fingerprint density at radius 2 is 1.11 bits per heavy atom. The molecule has 0 bridgehead atoms. The van der Waals surface area contributed by atoms with Gasteiger partial charge in [0, 0.05) is 0 Å². The van der Waals surface area contributed by atoms with Crippen molar-refractivity contribution in [2.45, 2.75) is 274 Å². The summed E-state index contributed by atoms with van der Waals surface area (Å²) in [6.07, 6.45) is -30.3. The topological polar surface area (TPSA) is 393 Å². The first kappa shape index (κ1) is 64.3. The number of hydrogen-bond donors (Lipinski definition) is 14. The number of esters is 1. The molecule has 5 aliphatic carbocycles. The van der Waals surface area contributed by atoms with E-state index >= 15 is 4.79 Å². The molecule has 0 spiro atoms. The largest absolute Gasteiger partial charge is 0.432 e. The zero-order valence-electron chi connectivity index (χ0n) is 49.0. The first-order chi connectivity index (χ1) is 38.8. The highest BCUT2D eigenvalue weighted by molar-refractivity contribution is 5.80. The molecule has 5 heterocycles. The van der Waals surface area contributed by atoms with Gasteiger partial charge in [-0.15, -0.1) is 0 Å². The number of aliphatic hydroxyl groups excluding tert-OH is 14. The first-order valence-corrected chi connectivity index (χ1v) is 30.0. The molecule has 0 amide bonds. The van der Waals surface area contributed by atoms with E-state index in [1.165, 1.54) is 13.8 Å². The fraction of sp³-hybridized carbons (Fsp3) is 0.948. The standard InChI is InChI=1S/C58H94O25/c1-23-34(63)38(67)41(70)48(76-23)81-45-43(72)50(78-29(20-59)44(45)80-47-40(69)36(65)27(60)21-74-47)79-33-13-14-55(7)30(54(33,5)6)12-15-56(8)31(55)11-10-25-26-18-53(3,4)16-17-58(26,32(62)19-57(25,56)9)52(73)83-51-46(37(66)28(61)22-75-51)82-49-42(71)39(68)35(64)24(2)77-49/h10,23-24,26-51,59-72H,11-22H2,1-9H3/t23-,24-,26-,27+,28-,29+,30-,31+,32+,33-,34-,35-,36-,37-,38+,39+,40+,41+,42+,43+,44+,45+,46+,47-,48-,49-,50-,51-,55-,56+,57+,58+/m0/s1. The monoisotopic (exact) mass is 1190 g/mol. The highest BCUT2D eigenvalue weighted by Crippen LogP contribution is 2.76. The van der Waals surface area contributed by atoms with Crippen molar-refractivity contribution < 1.29 is 124 Å². The van der Waals surface area contributed by atoms with Gasteiger partial charge >= 0.3 is 5.97 Å². The zero-order valence-corrected chi connectivity index (χ0v) is 49.0. The second-order valence-corrected chi connectivity index (χ2v) is 28.3. The summed E-state index contributed by atoms with van der Waals surface area (Å²) in [7, 11) is 0. The summed E-state index contributed by atoms with van der Waals surface area (Å²) in [5.74, 6) is -1.13. The first-order valence-electron chi connectivity index (χ1n) is 30.0. The van der Waals surface area contributed by atoms with Crippen LogP contribution in [0.2, 0.25) is 0 Å². The van der Waals surface area contributed by atoms with Crippen molar-refractivity contribution in [1.29, 1.82) is 0 Å². The number of carbonyl (C=O) groups is 1. The molecular weight excluding hydrogens is 1100 g/mol. The Morgan fingerprint density at radius 3 is 1.72 bits per heavy atom. The van der Waals surface area contributed by atoms with Crippen molar-refractivity contribution in [1.82, 2.24) is 0 Å². The fourth-order valence-electron chi connectivity index (χ4n) is 17.4. The smallest absolute Gasteiger partial charge is 0.317 e. The van der Waals surface area contributed by atoms with Gasteiger partial charge in [0.1, 0.15) is 97.0 Å². The van der Waals surface area contributed by atoms with Gasteiger partial charge in [-0.1, -0.05) is 60.1 Å². The molecule has 0 aromatic rings. The van der Waals surface area contributed by atoms with Crippen molar-refractivity contribution >= 4 is 5.97 Å². The van der Waals surface area contributed by atoms with Crippen LogP contribution < -0.4 is 0 Å². The molecule has 4 saturated carbocycles. The Morgan fingerprint density at radius 1 is 0.554 bits per heavy atom. The van der Waals surface area contributed by atoms with Crippen LogP contribution in [0, 0.1) is 50.2 Å². The molecule has 0 unspecified atom stereocenters. The molecule has 10 rings (SSSR count). The van der Waals surface area contributed by atoms with Gasteiger partial charge < -0.3 is 119 Å². The molecule has 14 N–H and O–H groups in total. The SMILES string of the molecule is C[C@@H]1O[C@@H](O[C@@H]2[C@@H](O)[C@H](O[C@H]3CC[C@]4(C)[C@H]5CC=C6[C@@H]7CC(C)(C)CC[C@]7(C(=O)O[C@@H]7OC[C@H](O)[C@H](O)[C@H]7O[C@@H]7O[C@@H](C)[C@H](O)[C@@H](O)[C@H]7O)[C@H](O)C[C@@]6(C)[C@]5(C)CC[C@H]4C3(C)C)O[C@H](CO)[C@H]2O[C@@H]2OC[C@@H](O)[C@H](O)[C@H]2O)[C@H](O)[C@H](O)[C@H]1O. The van der Waals surface area contributed by atoms with Gasteiger partial charge in [-0.3, -0.25) is 4.79 Å². The number of fused-ring (bicyclic) bond motifs is 7. The lowest BCUT2D eigenvalue weighted by Gasteiger charge is -2.71. The van der Waals surface area contributed by atoms with E-state index in [2.05, 4.69) is 54.5 Å². The predicted molar refractivity (Wildman–Crippen MR) is 282 cm³/mol. The van der Waals surface area contributed by atoms with Gasteiger partial charge in [0.05, 0.1) is 44.2 Å². The van der Waals surface area contributed by atoms with Crippen molar-refractivity contribution in [2.24, 2.45) is 50.2 Å². The minimum Gasteiger partial charge on any atom is -0.432 e. The Hall–Kier alpha value is -1.71. The Bertz CT molecular complexity index is 2330. The van der Waals surface area contributed by atoms with Crippen LogP contribution in [0.1, 0.15) is 120 Å². The number of rotatable bonds is 11. The Balaban J connectivity index is 0.894. The zero-order chi connectivity index (χ0) is 60.6. The lowest BCUT2D eigenvalue weighted by molar-refractivity contribution is -0.388. The van der Waals surface area contributed by atoms with E-state index < -0.39 is 207 Å². The van der Waals surface area contributed by atoms with Crippen molar-refractivity contribution in [2.75, 3.05) is 19.8 Å². The van der Waals surface area contributed by atoms with Crippen molar-refractivity contribution in [3.05, 3.63) is 11.6 Å². The summed E-state index contributed by atoms with van der Waals surface area (Å²) in [6.45, 7) is 16.8. The van der Waals surface area contributed by atoms with E-state index in [1.807, 2.05) is 0 Å². The van der Waals surface area contributed by atoms with Crippen LogP contribution in [0.25, 0.3) is 0 Å². The number of carbonyl (C=O) groups excluding carboxylic acids is 1. The van der Waals surface area contributed by atoms with E-state index in [9.17, 15) is 71.5 Å². The van der Waals surface area contributed by atoms with Crippen LogP contribution in [0.5, 0.6) is 0 Å². The molecule has 0 aromatic carbocycles. The molecule has 0 aromatic heterocycles. The molecule has 83 heavy (non-hydrogen) atoms. The van der Waals surface area contributed by atoms with Crippen LogP contribution in [0.4, 0.5) is 0 Å². The highest BCUT2D eigenvalue weighted by atomic mass is 16.8. The van der Waals surface area contributed by atoms with Crippen LogP contribution in [-0.4, -0.2) is 251 Å². The average Bonchev–Trinajstić information content (AvgIpc) is 0.898. The maximum Gasteiger partial charge on any atom is 0.317 e. The normalized spacial score (nSPS) is 55.1. The van der Waals surface area contributed by atoms with Crippen LogP contribution in [-0.2, 0) is 52.2 Å². The highest BCUT2D eigenvalue weighted by Gasteiger charge is 2.72. The molecule has 25 nitrogen and oxygen atoms in total. The van der Waals surface area contributed by atoms with Crippen molar-refractivity contribution in [3.8, 4) is 0 Å². The summed E-state index contributed by atoms with van der Waals surface area (Å²) in [6, 6.07) is 0. The second kappa shape index (κ2) is 23.3. The Labute approximate surface area is 483 Å². The van der Waals surface area contributed by atoms with E-state index in [0.717, 1.165) is 18.4 Å². The number of hydrogen-bond acceptors (Lipinski definition) is 25. The average molecular weight is 1190 g/mol. The number of allylic oxidation sites excluding steroid dienone is 2. The molecule has 5 saturated heterocycles. The van der Waals surface area contributed by atoms with E-state index in [1.54, 1.807) is 0 Å².